The van der Waals surface area contributed by atoms with Crippen molar-refractivity contribution in [3.8, 4) is 34.4 Å². The number of furan rings is 2. The SMILES string of the molecule is C=C(C#N)/C(C#N)=C(\C1=C(N(c2ccccc2)c2cccc3c2oc2ccccc23)C2(OC13c1ccccc1-c1ccccc13)c1ccccc1-c1ccccc12)N(c1ccccc1)c1cccc2c1oc1ccccc12. The molecule has 2 aliphatic carbocycles. The van der Waals surface area contributed by atoms with Crippen LogP contribution < -0.4 is 9.80 Å². The second-order valence-electron chi connectivity index (χ2n) is 19.6. The van der Waals surface area contributed by atoms with Crippen LogP contribution in [0, 0.1) is 22.7 Å². The normalized spacial score (nSPS) is 14.6. The third-order valence-electron chi connectivity index (χ3n) is 15.8. The predicted molar refractivity (Wildman–Crippen MR) is 305 cm³/mol. The maximum Gasteiger partial charge on any atom is 0.162 e. The molecule has 3 heterocycles. The van der Waals surface area contributed by atoms with Gasteiger partial charge >= 0.3 is 0 Å². The molecule has 0 N–H and O–H groups in total. The number of fused-ring (bicyclic) bond motifs is 16. The van der Waals surface area contributed by atoms with Crippen LogP contribution in [0.3, 0.4) is 0 Å². The van der Waals surface area contributed by atoms with Crippen molar-refractivity contribution in [1.29, 1.82) is 10.5 Å². The lowest BCUT2D eigenvalue weighted by Crippen LogP contribution is -2.38. The minimum Gasteiger partial charge on any atom is -0.454 e. The van der Waals surface area contributed by atoms with Gasteiger partial charge in [-0.3, -0.25) is 0 Å². The number of benzene rings is 10. The average Bonchev–Trinajstić information content (AvgIpc) is 4.29. The fraction of sp³-hybridized carbons (Fsp3) is 0.0286. The molecule has 77 heavy (non-hydrogen) atoms. The zero-order valence-electron chi connectivity index (χ0n) is 41.3. The van der Waals surface area contributed by atoms with Crippen molar-refractivity contribution < 1.29 is 13.6 Å². The van der Waals surface area contributed by atoms with Gasteiger partial charge in [0.25, 0.3) is 0 Å². The Morgan fingerprint density at radius 2 is 0.818 bits per heavy atom. The first-order valence-electron chi connectivity index (χ1n) is 25.6. The summed E-state index contributed by atoms with van der Waals surface area (Å²) in [5.74, 6) is 0. The quantitative estimate of drug-likeness (QED) is 0.111. The molecule has 0 unspecified atom stereocenters. The topological polar surface area (TPSA) is 89.6 Å². The van der Waals surface area contributed by atoms with E-state index in [0.29, 0.717) is 45.1 Å². The predicted octanol–water partition coefficient (Wildman–Crippen LogP) is 17.5. The minimum atomic E-state index is -1.54. The number of hydrogen-bond donors (Lipinski definition) is 0. The molecule has 15 rings (SSSR count). The van der Waals surface area contributed by atoms with Gasteiger partial charge in [0.1, 0.15) is 17.2 Å². The Balaban J connectivity index is 1.24. The number of anilines is 4. The van der Waals surface area contributed by atoms with Crippen molar-refractivity contribution in [2.75, 3.05) is 9.80 Å². The molecule has 7 nitrogen and oxygen atoms in total. The molecule has 2 spiro atoms. The third-order valence-corrected chi connectivity index (χ3v) is 15.8. The van der Waals surface area contributed by atoms with E-state index < -0.39 is 11.2 Å². The van der Waals surface area contributed by atoms with Crippen molar-refractivity contribution in [2.45, 2.75) is 11.2 Å². The molecule has 0 amide bonds. The van der Waals surface area contributed by atoms with E-state index in [4.69, 9.17) is 13.6 Å². The van der Waals surface area contributed by atoms with Gasteiger partial charge in [-0.25, -0.2) is 0 Å². The van der Waals surface area contributed by atoms with Gasteiger partial charge < -0.3 is 23.4 Å². The summed E-state index contributed by atoms with van der Waals surface area (Å²) in [4.78, 5) is 4.40. The van der Waals surface area contributed by atoms with E-state index in [2.05, 4.69) is 174 Å². The van der Waals surface area contributed by atoms with Crippen molar-refractivity contribution >= 4 is 66.6 Å². The van der Waals surface area contributed by atoms with Crippen molar-refractivity contribution in [3.63, 3.8) is 0 Å². The largest absolute Gasteiger partial charge is 0.454 e. The summed E-state index contributed by atoms with van der Waals surface area (Å²) in [5.41, 5.74) is 11.8. The zero-order valence-corrected chi connectivity index (χ0v) is 41.3. The van der Waals surface area contributed by atoms with Gasteiger partial charge in [0.15, 0.2) is 22.4 Å². The molecular weight excluding hydrogens is 945 g/mol. The monoisotopic (exact) mass is 986 g/mol. The highest BCUT2D eigenvalue weighted by Gasteiger charge is 2.67. The summed E-state index contributed by atoms with van der Waals surface area (Å²) in [6.45, 7) is 4.44. The van der Waals surface area contributed by atoms with Gasteiger partial charge in [-0.05, 0) is 70.8 Å². The van der Waals surface area contributed by atoms with E-state index in [-0.39, 0.29) is 11.1 Å². The molecule has 3 aliphatic rings. The lowest BCUT2D eigenvalue weighted by Gasteiger charge is -2.39. The molecule has 0 atom stereocenters. The van der Waals surface area contributed by atoms with E-state index >= 15 is 0 Å². The average molecular weight is 987 g/mol. The van der Waals surface area contributed by atoms with Crippen molar-refractivity contribution in [1.82, 2.24) is 0 Å². The molecule has 7 heteroatoms. The maximum atomic E-state index is 12.2. The molecule has 0 saturated heterocycles. The Morgan fingerprint density at radius 3 is 1.32 bits per heavy atom. The van der Waals surface area contributed by atoms with Crippen LogP contribution in [-0.2, 0) is 15.9 Å². The first kappa shape index (κ1) is 44.1. The minimum absolute atomic E-state index is 0.0272. The van der Waals surface area contributed by atoms with Crippen molar-refractivity contribution in [2.24, 2.45) is 0 Å². The molecule has 360 valence electrons. The summed E-state index contributed by atoms with van der Waals surface area (Å²) >= 11 is 0. The highest BCUT2D eigenvalue weighted by molar-refractivity contribution is 6.12. The number of allylic oxidation sites excluding steroid dienone is 2. The van der Waals surface area contributed by atoms with Crippen LogP contribution >= 0.6 is 0 Å². The van der Waals surface area contributed by atoms with Crippen LogP contribution in [0.4, 0.5) is 22.7 Å². The van der Waals surface area contributed by atoms with E-state index in [9.17, 15) is 10.5 Å². The smallest absolute Gasteiger partial charge is 0.162 e. The van der Waals surface area contributed by atoms with Crippen molar-refractivity contribution in [3.05, 3.63) is 300 Å². The Kier molecular flexibility index (Phi) is 9.61. The number of hydrogen-bond acceptors (Lipinski definition) is 7. The fourth-order valence-electron chi connectivity index (χ4n) is 12.8. The molecule has 1 aliphatic heterocycles. The maximum absolute atomic E-state index is 12.2. The lowest BCUT2D eigenvalue weighted by atomic mass is 9.77. The highest BCUT2D eigenvalue weighted by Crippen LogP contribution is 2.71. The number of para-hydroxylation sites is 6. The van der Waals surface area contributed by atoms with E-state index in [1.165, 1.54) is 0 Å². The Hall–Kier alpha value is -10.4. The molecular formula is C70H42N4O3. The van der Waals surface area contributed by atoms with E-state index in [1.54, 1.807) is 0 Å². The molecule has 2 aromatic heterocycles. The summed E-state index contributed by atoms with van der Waals surface area (Å²) in [7, 11) is 0. The summed E-state index contributed by atoms with van der Waals surface area (Å²) in [6, 6.07) is 87.8. The van der Waals surface area contributed by atoms with Gasteiger partial charge in [0.2, 0.25) is 0 Å². The van der Waals surface area contributed by atoms with Gasteiger partial charge in [0.05, 0.1) is 40.0 Å². The summed E-state index contributed by atoms with van der Waals surface area (Å²) in [5, 5.41) is 27.3. The molecule has 0 saturated carbocycles. The van der Waals surface area contributed by atoms with Crippen LogP contribution in [0.2, 0.25) is 0 Å². The molecule has 12 aromatic rings. The van der Waals surface area contributed by atoms with Gasteiger partial charge in [-0.15, -0.1) is 0 Å². The number of nitriles is 2. The van der Waals surface area contributed by atoms with Gasteiger partial charge in [0, 0.05) is 60.7 Å². The zero-order chi connectivity index (χ0) is 51.4. The Morgan fingerprint density at radius 1 is 0.403 bits per heavy atom. The molecule has 10 aromatic carbocycles. The number of nitrogens with zero attached hydrogens (tertiary/aromatic N) is 4. The summed E-state index contributed by atoms with van der Waals surface area (Å²) < 4.78 is 22.9. The Bertz CT molecular complexity index is 4530. The standard InChI is InChI=1S/C70H42N4O3/c1-44(42-71)55(43-72)65(73(45-22-4-2-5-23-45)60-38-20-32-53-51-30-12-18-40-62(51)75-66(53)60)64-68(74(46-24-6-3-7-25-46)61-39-21-33-54-52-31-13-19-41-63(52)76-67(54)61)70(58-36-16-10-28-49(58)50-29-11-17-37-59(50)70)77-69(64)56-34-14-8-26-47(56)48-27-9-15-35-57(48)69/h2-41H,1H2/b65-55+. The highest BCUT2D eigenvalue weighted by atomic mass is 16.5. The lowest BCUT2D eigenvalue weighted by molar-refractivity contribution is -0.0548. The van der Waals surface area contributed by atoms with E-state index in [1.807, 2.05) is 97.1 Å². The second kappa shape index (κ2) is 16.8. The van der Waals surface area contributed by atoms with Crippen LogP contribution in [0.5, 0.6) is 0 Å². The van der Waals surface area contributed by atoms with Gasteiger partial charge in [-0.1, -0.05) is 201 Å². The molecule has 0 radical (unpaired) electrons. The van der Waals surface area contributed by atoms with Crippen LogP contribution in [0.15, 0.2) is 286 Å². The molecule has 0 fully saturated rings. The first-order chi connectivity index (χ1) is 38.0. The third kappa shape index (κ3) is 6.03. The molecule has 0 bridgehead atoms. The van der Waals surface area contributed by atoms with Crippen LogP contribution in [-0.4, -0.2) is 0 Å². The number of ether oxygens (including phenoxy) is 1. The Labute approximate surface area is 443 Å². The first-order valence-corrected chi connectivity index (χ1v) is 25.6. The van der Waals surface area contributed by atoms with Gasteiger partial charge in [-0.2, -0.15) is 10.5 Å². The second-order valence-corrected chi connectivity index (χ2v) is 19.6. The fourth-order valence-corrected chi connectivity index (χ4v) is 12.8. The van der Waals surface area contributed by atoms with Crippen LogP contribution in [0.1, 0.15) is 22.3 Å². The van der Waals surface area contributed by atoms with E-state index in [0.717, 1.165) is 83.0 Å². The summed E-state index contributed by atoms with van der Waals surface area (Å²) in [6.07, 6.45) is 0. The van der Waals surface area contributed by atoms with Crippen LogP contribution in [0.25, 0.3) is 66.1 Å². The number of rotatable bonds is 8.